The van der Waals surface area contributed by atoms with Gasteiger partial charge in [0.25, 0.3) is 5.56 Å². The molecule has 0 fully saturated rings. The number of hydrogen-bond donors (Lipinski definition) is 0. The van der Waals surface area contributed by atoms with Gasteiger partial charge in [-0.3, -0.25) is 14.2 Å². The van der Waals surface area contributed by atoms with Gasteiger partial charge in [0.05, 0.1) is 16.7 Å². The fourth-order valence-electron chi connectivity index (χ4n) is 4.29. The third kappa shape index (κ3) is 4.60. The Hall–Kier alpha value is -3.12. The van der Waals surface area contributed by atoms with E-state index in [1.807, 2.05) is 44.2 Å². The van der Waals surface area contributed by atoms with Crippen molar-refractivity contribution in [1.29, 1.82) is 0 Å². The summed E-state index contributed by atoms with van der Waals surface area (Å²) in [7, 11) is 0. The molecule has 5 nitrogen and oxygen atoms in total. The van der Waals surface area contributed by atoms with E-state index in [0.717, 1.165) is 29.9 Å². The van der Waals surface area contributed by atoms with Crippen LogP contribution in [0, 0.1) is 27.7 Å². The molecule has 0 unspecified atom stereocenters. The van der Waals surface area contributed by atoms with E-state index in [1.165, 1.54) is 22.9 Å². The number of para-hydroxylation sites is 1. The van der Waals surface area contributed by atoms with Crippen LogP contribution in [0.4, 0.5) is 0 Å². The van der Waals surface area contributed by atoms with Gasteiger partial charge in [0.2, 0.25) is 0 Å². The highest BCUT2D eigenvalue weighted by Gasteiger charge is 2.19. The lowest BCUT2D eigenvalue weighted by molar-refractivity contribution is 0.102. The quantitative estimate of drug-likeness (QED) is 0.174. The van der Waals surface area contributed by atoms with E-state index in [4.69, 9.17) is 4.98 Å². The molecule has 0 aliphatic carbocycles. The molecular formula is C28H31N3O2S. The predicted molar refractivity (Wildman–Crippen MR) is 141 cm³/mol. The van der Waals surface area contributed by atoms with Gasteiger partial charge >= 0.3 is 0 Å². The van der Waals surface area contributed by atoms with Gasteiger partial charge in [0.1, 0.15) is 0 Å². The van der Waals surface area contributed by atoms with Gasteiger partial charge in [0, 0.05) is 29.2 Å². The van der Waals surface area contributed by atoms with E-state index in [-0.39, 0.29) is 17.1 Å². The van der Waals surface area contributed by atoms with Crippen LogP contribution in [0.1, 0.15) is 52.6 Å². The lowest BCUT2D eigenvalue weighted by atomic mass is 10.1. The number of unbranched alkanes of at least 4 members (excludes halogenated alkanes) is 1. The summed E-state index contributed by atoms with van der Waals surface area (Å²) in [6.07, 6.45) is 1.87. The Morgan fingerprint density at radius 2 is 1.76 bits per heavy atom. The van der Waals surface area contributed by atoms with Gasteiger partial charge in [-0.15, -0.1) is 0 Å². The molecule has 0 aliphatic heterocycles. The second-order valence-corrected chi connectivity index (χ2v) is 9.76. The normalized spacial score (nSPS) is 11.3. The molecule has 2 heterocycles. The number of carbonyl (C=O) groups is 1. The fraction of sp³-hybridized carbons (Fsp3) is 0.321. The van der Waals surface area contributed by atoms with E-state index in [1.54, 1.807) is 4.57 Å². The molecule has 0 aliphatic rings. The number of thioether (sulfide) groups is 1. The molecule has 6 heteroatoms. The van der Waals surface area contributed by atoms with Crippen molar-refractivity contribution >= 4 is 28.4 Å². The maximum Gasteiger partial charge on any atom is 0.262 e. The van der Waals surface area contributed by atoms with Crippen LogP contribution >= 0.6 is 11.8 Å². The van der Waals surface area contributed by atoms with Crippen LogP contribution in [0.25, 0.3) is 16.6 Å². The second-order valence-electron chi connectivity index (χ2n) is 8.82. The highest BCUT2D eigenvalue weighted by molar-refractivity contribution is 7.99. The number of hydrogen-bond acceptors (Lipinski definition) is 4. The predicted octanol–water partition coefficient (Wildman–Crippen LogP) is 6.20. The van der Waals surface area contributed by atoms with Gasteiger partial charge < -0.3 is 4.57 Å². The van der Waals surface area contributed by atoms with E-state index >= 15 is 0 Å². The molecule has 0 N–H and O–H groups in total. The third-order valence-electron chi connectivity index (χ3n) is 6.37. The van der Waals surface area contributed by atoms with Crippen LogP contribution in [0.2, 0.25) is 0 Å². The zero-order valence-electron chi connectivity index (χ0n) is 20.5. The summed E-state index contributed by atoms with van der Waals surface area (Å²) in [6.45, 7) is 10.9. The molecule has 0 saturated heterocycles. The first-order valence-corrected chi connectivity index (χ1v) is 12.7. The number of nitrogens with zero attached hydrogens (tertiary/aromatic N) is 3. The zero-order valence-corrected chi connectivity index (χ0v) is 21.3. The standard InChI is InChI=1S/C28H31N3O2S/c1-6-7-14-30-27(33)23-10-8-9-11-25(23)29-28(30)34-17-26(32)24-16-20(4)31(21(24)5)22-13-12-18(2)19(3)15-22/h8-13,15-16H,6-7,14,17H2,1-5H3. The van der Waals surface area contributed by atoms with Crippen molar-refractivity contribution in [2.24, 2.45) is 0 Å². The van der Waals surface area contributed by atoms with Gasteiger partial charge in [-0.2, -0.15) is 0 Å². The van der Waals surface area contributed by atoms with Crippen molar-refractivity contribution in [3.63, 3.8) is 0 Å². The molecule has 0 atom stereocenters. The lowest BCUT2D eigenvalue weighted by Crippen LogP contribution is -2.24. The Labute approximate surface area is 204 Å². The van der Waals surface area contributed by atoms with Crippen LogP contribution in [0.3, 0.4) is 0 Å². The van der Waals surface area contributed by atoms with Crippen molar-refractivity contribution in [3.05, 3.63) is 87.0 Å². The first-order valence-electron chi connectivity index (χ1n) is 11.7. The maximum absolute atomic E-state index is 13.3. The zero-order chi connectivity index (χ0) is 24.4. The minimum absolute atomic E-state index is 0.0395. The van der Waals surface area contributed by atoms with Crippen molar-refractivity contribution in [2.45, 2.75) is 59.2 Å². The van der Waals surface area contributed by atoms with Crippen molar-refractivity contribution < 1.29 is 4.79 Å². The molecule has 4 rings (SSSR count). The highest BCUT2D eigenvalue weighted by Crippen LogP contribution is 2.25. The Kier molecular flexibility index (Phi) is 7.08. The Balaban J connectivity index is 1.63. The number of rotatable bonds is 8. The van der Waals surface area contributed by atoms with E-state index in [9.17, 15) is 9.59 Å². The number of carbonyl (C=O) groups excluding carboxylic acids is 1. The van der Waals surface area contributed by atoms with E-state index in [2.05, 4.69) is 43.5 Å². The molecule has 0 spiro atoms. The summed E-state index contributed by atoms with van der Waals surface area (Å²) >= 11 is 1.35. The minimum Gasteiger partial charge on any atom is -0.318 e. The fourth-order valence-corrected chi connectivity index (χ4v) is 5.19. The van der Waals surface area contributed by atoms with Gasteiger partial charge in [-0.25, -0.2) is 4.98 Å². The van der Waals surface area contributed by atoms with Gasteiger partial charge in [-0.05, 0) is 75.6 Å². The lowest BCUT2D eigenvalue weighted by Gasteiger charge is -2.13. The summed E-state index contributed by atoms with van der Waals surface area (Å²) in [5.74, 6) is 0.270. The Morgan fingerprint density at radius 3 is 2.50 bits per heavy atom. The summed E-state index contributed by atoms with van der Waals surface area (Å²) in [5.41, 5.74) is 6.83. The molecule has 0 radical (unpaired) electrons. The SMILES string of the molecule is CCCCn1c(SCC(=O)c2cc(C)n(-c3ccc(C)c(C)c3)c2C)nc2ccccc2c1=O. The molecular weight excluding hydrogens is 442 g/mol. The molecule has 0 bridgehead atoms. The summed E-state index contributed by atoms with van der Waals surface area (Å²) in [4.78, 5) is 31.1. The molecule has 2 aromatic heterocycles. The molecule has 2 aromatic carbocycles. The summed E-state index contributed by atoms with van der Waals surface area (Å²) < 4.78 is 3.86. The second kappa shape index (κ2) is 10.0. The third-order valence-corrected chi connectivity index (χ3v) is 7.35. The number of benzene rings is 2. The summed E-state index contributed by atoms with van der Waals surface area (Å²) in [6, 6.07) is 15.7. The van der Waals surface area contributed by atoms with E-state index < -0.39 is 0 Å². The Morgan fingerprint density at radius 1 is 1.00 bits per heavy atom. The Bertz CT molecular complexity index is 1430. The minimum atomic E-state index is -0.0399. The van der Waals surface area contributed by atoms with Crippen LogP contribution in [-0.4, -0.2) is 25.7 Å². The largest absolute Gasteiger partial charge is 0.318 e. The molecule has 4 aromatic rings. The van der Waals surface area contributed by atoms with Crippen molar-refractivity contribution in [2.75, 3.05) is 5.75 Å². The highest BCUT2D eigenvalue weighted by atomic mass is 32.2. The maximum atomic E-state index is 13.3. The number of aromatic nitrogens is 3. The van der Waals surface area contributed by atoms with Crippen LogP contribution in [0.5, 0.6) is 0 Å². The topological polar surface area (TPSA) is 56.9 Å². The van der Waals surface area contributed by atoms with Gasteiger partial charge in [-0.1, -0.05) is 43.3 Å². The first kappa shape index (κ1) is 24.0. The van der Waals surface area contributed by atoms with Gasteiger partial charge in [0.15, 0.2) is 10.9 Å². The molecule has 34 heavy (non-hydrogen) atoms. The van der Waals surface area contributed by atoms with Crippen LogP contribution in [0.15, 0.2) is 58.5 Å². The smallest absolute Gasteiger partial charge is 0.262 e. The average Bonchev–Trinajstić information content (AvgIpc) is 3.12. The number of aryl methyl sites for hydroxylation is 3. The number of fused-ring (bicyclic) bond motifs is 1. The summed E-state index contributed by atoms with van der Waals surface area (Å²) in [5, 5.41) is 1.22. The van der Waals surface area contributed by atoms with E-state index in [0.29, 0.717) is 28.2 Å². The molecule has 176 valence electrons. The first-order chi connectivity index (χ1) is 16.3. The molecule has 0 amide bonds. The van der Waals surface area contributed by atoms with Crippen molar-refractivity contribution in [3.8, 4) is 5.69 Å². The number of Topliss-reactive ketones (excluding diaryl/α,β-unsaturated/α-hetero) is 1. The van der Waals surface area contributed by atoms with Crippen molar-refractivity contribution in [1.82, 2.24) is 14.1 Å². The number of ketones is 1. The average molecular weight is 474 g/mol. The van der Waals surface area contributed by atoms with Crippen LogP contribution < -0.4 is 5.56 Å². The molecule has 0 saturated carbocycles. The monoisotopic (exact) mass is 473 g/mol. The van der Waals surface area contributed by atoms with Crippen LogP contribution in [-0.2, 0) is 6.54 Å².